The lowest BCUT2D eigenvalue weighted by Crippen LogP contribution is -2.35. The lowest BCUT2D eigenvalue weighted by atomic mass is 10.2. The maximum atomic E-state index is 13.2. The Bertz CT molecular complexity index is 1200. The first kappa shape index (κ1) is 20.4. The molecule has 1 saturated heterocycles. The first-order valence-corrected chi connectivity index (χ1v) is 11.4. The highest BCUT2D eigenvalue weighted by molar-refractivity contribution is 7.13. The molecule has 0 saturated carbocycles. The van der Waals surface area contributed by atoms with Gasteiger partial charge in [0.15, 0.2) is 0 Å². The maximum Gasteiger partial charge on any atom is 0.273 e. The number of para-hydroxylation sites is 1. The molecule has 1 aliphatic heterocycles. The van der Waals surface area contributed by atoms with Gasteiger partial charge in [-0.05, 0) is 42.8 Å². The molecule has 6 nitrogen and oxygen atoms in total. The molecule has 0 spiro atoms. The first-order valence-electron chi connectivity index (χ1n) is 10.5. The van der Waals surface area contributed by atoms with Crippen molar-refractivity contribution in [1.82, 2.24) is 19.7 Å². The summed E-state index contributed by atoms with van der Waals surface area (Å²) in [4.78, 5) is 21.7. The molecule has 0 bridgehead atoms. The van der Waals surface area contributed by atoms with E-state index < -0.39 is 0 Å². The Morgan fingerprint density at radius 1 is 0.938 bits per heavy atom. The number of halogens is 1. The second-order valence-corrected chi connectivity index (χ2v) is 8.51. The topological polar surface area (TPSA) is 54.3 Å². The van der Waals surface area contributed by atoms with Gasteiger partial charge in [0.25, 0.3) is 5.91 Å². The summed E-state index contributed by atoms with van der Waals surface area (Å²) in [7, 11) is 0. The fraction of sp³-hybridized carbons (Fsp3) is 0.208. The number of hydrogen-bond acceptors (Lipinski definition) is 5. The SMILES string of the molecule is O=C(c1csc(-c2cnn(-c3ccccc3)c2)n1)N1CCCN(c2ccc(F)cc2)CC1. The van der Waals surface area contributed by atoms with Crippen LogP contribution in [0.15, 0.2) is 72.4 Å². The average molecular weight is 448 g/mol. The molecule has 1 amide bonds. The van der Waals surface area contributed by atoms with Gasteiger partial charge in [-0.3, -0.25) is 4.79 Å². The van der Waals surface area contributed by atoms with Gasteiger partial charge in [-0.1, -0.05) is 18.2 Å². The fourth-order valence-corrected chi connectivity index (χ4v) is 4.62. The Labute approximate surface area is 189 Å². The zero-order valence-electron chi connectivity index (χ0n) is 17.4. The highest BCUT2D eigenvalue weighted by atomic mass is 32.1. The van der Waals surface area contributed by atoms with E-state index in [0.29, 0.717) is 25.3 Å². The lowest BCUT2D eigenvalue weighted by Gasteiger charge is -2.23. The van der Waals surface area contributed by atoms with Crippen molar-refractivity contribution in [2.45, 2.75) is 6.42 Å². The van der Waals surface area contributed by atoms with Gasteiger partial charge in [-0.25, -0.2) is 14.1 Å². The third-order valence-corrected chi connectivity index (χ3v) is 6.44. The number of anilines is 1. The number of aromatic nitrogens is 3. The molecule has 0 N–H and O–H groups in total. The van der Waals surface area contributed by atoms with Crippen molar-refractivity contribution in [2.75, 3.05) is 31.1 Å². The molecule has 2 aromatic carbocycles. The van der Waals surface area contributed by atoms with E-state index in [1.807, 2.05) is 46.8 Å². The van der Waals surface area contributed by atoms with Crippen LogP contribution in [0.25, 0.3) is 16.3 Å². The second-order valence-electron chi connectivity index (χ2n) is 7.66. The standard InChI is InChI=1S/C24H22FN5OS/c25-19-7-9-20(10-8-19)28-11-4-12-29(14-13-28)24(31)22-17-32-23(27-22)18-15-26-30(16-18)21-5-2-1-3-6-21/h1-3,5-10,15-17H,4,11-14H2. The van der Waals surface area contributed by atoms with E-state index in [0.717, 1.165) is 34.9 Å². The van der Waals surface area contributed by atoms with Crippen molar-refractivity contribution in [3.8, 4) is 16.3 Å². The molecule has 4 aromatic rings. The van der Waals surface area contributed by atoms with Gasteiger partial charge in [-0.2, -0.15) is 5.10 Å². The summed E-state index contributed by atoms with van der Waals surface area (Å²) in [5.41, 5.74) is 3.30. The van der Waals surface area contributed by atoms with Crippen LogP contribution < -0.4 is 4.90 Å². The number of amides is 1. The van der Waals surface area contributed by atoms with Crippen LogP contribution in [0.3, 0.4) is 0 Å². The van der Waals surface area contributed by atoms with Crippen molar-refractivity contribution in [3.05, 3.63) is 83.9 Å². The third-order valence-electron chi connectivity index (χ3n) is 5.55. The summed E-state index contributed by atoms with van der Waals surface area (Å²) in [6.45, 7) is 2.82. The van der Waals surface area contributed by atoms with Crippen LogP contribution >= 0.6 is 11.3 Å². The molecule has 1 fully saturated rings. The van der Waals surface area contributed by atoms with Gasteiger partial charge < -0.3 is 9.80 Å². The molecule has 32 heavy (non-hydrogen) atoms. The Kier molecular flexibility index (Phi) is 5.68. The van der Waals surface area contributed by atoms with Gasteiger partial charge in [0.05, 0.1) is 11.9 Å². The Hall–Kier alpha value is -3.52. The zero-order chi connectivity index (χ0) is 21.9. The van der Waals surface area contributed by atoms with Crippen LogP contribution in [0, 0.1) is 5.82 Å². The Morgan fingerprint density at radius 3 is 2.56 bits per heavy atom. The number of thiazole rings is 1. The van der Waals surface area contributed by atoms with Gasteiger partial charge in [0.2, 0.25) is 0 Å². The maximum absolute atomic E-state index is 13.2. The normalized spacial score (nSPS) is 14.4. The monoisotopic (exact) mass is 447 g/mol. The van der Waals surface area contributed by atoms with E-state index in [9.17, 15) is 9.18 Å². The summed E-state index contributed by atoms with van der Waals surface area (Å²) >= 11 is 1.45. The van der Waals surface area contributed by atoms with Gasteiger partial charge in [0, 0.05) is 49.0 Å². The molecule has 1 aliphatic rings. The summed E-state index contributed by atoms with van der Waals surface area (Å²) in [6, 6.07) is 16.4. The summed E-state index contributed by atoms with van der Waals surface area (Å²) in [5, 5.41) is 7.02. The highest BCUT2D eigenvalue weighted by Crippen LogP contribution is 2.25. The van der Waals surface area contributed by atoms with Crippen LogP contribution in [0.1, 0.15) is 16.9 Å². The predicted molar refractivity (Wildman–Crippen MR) is 124 cm³/mol. The molecule has 0 unspecified atom stereocenters. The molecule has 3 heterocycles. The fourth-order valence-electron chi connectivity index (χ4n) is 3.85. The van der Waals surface area contributed by atoms with Crippen LogP contribution in [0.4, 0.5) is 10.1 Å². The number of nitrogens with zero attached hydrogens (tertiary/aromatic N) is 5. The van der Waals surface area contributed by atoms with Gasteiger partial charge >= 0.3 is 0 Å². The van der Waals surface area contributed by atoms with Crippen molar-refractivity contribution >= 4 is 22.9 Å². The number of carbonyl (C=O) groups is 1. The molecule has 0 radical (unpaired) electrons. The quantitative estimate of drug-likeness (QED) is 0.463. The van der Waals surface area contributed by atoms with Gasteiger partial charge in [0.1, 0.15) is 16.5 Å². The minimum Gasteiger partial charge on any atom is -0.370 e. The third kappa shape index (κ3) is 4.27. The molecule has 0 atom stereocenters. The highest BCUT2D eigenvalue weighted by Gasteiger charge is 2.23. The summed E-state index contributed by atoms with van der Waals surface area (Å²) in [6.07, 6.45) is 4.55. The predicted octanol–water partition coefficient (Wildman–Crippen LogP) is 4.49. The van der Waals surface area contributed by atoms with E-state index in [4.69, 9.17) is 0 Å². The lowest BCUT2D eigenvalue weighted by molar-refractivity contribution is 0.0762. The molecular weight excluding hydrogens is 425 g/mol. The van der Waals surface area contributed by atoms with Crippen molar-refractivity contribution < 1.29 is 9.18 Å². The molecular formula is C24H22FN5OS. The summed E-state index contributed by atoms with van der Waals surface area (Å²) < 4.78 is 15.0. The van der Waals surface area contributed by atoms with Crippen molar-refractivity contribution in [3.63, 3.8) is 0 Å². The molecule has 162 valence electrons. The average Bonchev–Trinajstić information content (AvgIpc) is 3.45. The van der Waals surface area contributed by atoms with Crippen LogP contribution in [-0.2, 0) is 0 Å². The number of rotatable bonds is 4. The largest absolute Gasteiger partial charge is 0.370 e. The zero-order valence-corrected chi connectivity index (χ0v) is 18.2. The smallest absolute Gasteiger partial charge is 0.273 e. The Balaban J connectivity index is 1.27. The van der Waals surface area contributed by atoms with Crippen molar-refractivity contribution in [2.24, 2.45) is 0 Å². The van der Waals surface area contributed by atoms with E-state index in [1.54, 1.807) is 23.0 Å². The van der Waals surface area contributed by atoms with E-state index >= 15 is 0 Å². The van der Waals surface area contributed by atoms with Crippen LogP contribution in [0.5, 0.6) is 0 Å². The first-order chi connectivity index (χ1) is 15.7. The molecule has 8 heteroatoms. The minimum absolute atomic E-state index is 0.0519. The van der Waals surface area contributed by atoms with Gasteiger partial charge in [-0.15, -0.1) is 11.3 Å². The van der Waals surface area contributed by atoms with E-state index in [1.165, 1.54) is 23.5 Å². The molecule has 5 rings (SSSR count). The number of hydrogen-bond donors (Lipinski definition) is 0. The molecule has 2 aromatic heterocycles. The minimum atomic E-state index is -0.242. The number of benzene rings is 2. The van der Waals surface area contributed by atoms with Crippen LogP contribution in [0.2, 0.25) is 0 Å². The second kappa shape index (κ2) is 8.92. The van der Waals surface area contributed by atoms with E-state index in [-0.39, 0.29) is 11.7 Å². The molecule has 0 aliphatic carbocycles. The van der Waals surface area contributed by atoms with E-state index in [2.05, 4.69) is 15.0 Å². The summed E-state index contributed by atoms with van der Waals surface area (Å²) in [5.74, 6) is -0.294. The number of carbonyl (C=O) groups excluding carboxylic acids is 1. The van der Waals surface area contributed by atoms with Crippen LogP contribution in [-0.4, -0.2) is 51.8 Å². The van der Waals surface area contributed by atoms with Crippen molar-refractivity contribution in [1.29, 1.82) is 0 Å². The Morgan fingerprint density at radius 2 is 1.75 bits per heavy atom.